The van der Waals surface area contributed by atoms with Crippen molar-refractivity contribution in [2.75, 3.05) is 6.54 Å². The first-order valence-electron chi connectivity index (χ1n) is 6.05. The van der Waals surface area contributed by atoms with Crippen molar-refractivity contribution in [3.63, 3.8) is 0 Å². The summed E-state index contributed by atoms with van der Waals surface area (Å²) in [5, 5.41) is 0.391. The topological polar surface area (TPSA) is 63.4 Å². The van der Waals surface area contributed by atoms with E-state index in [0.29, 0.717) is 28.9 Å². The Bertz CT molecular complexity index is 579. The van der Waals surface area contributed by atoms with Gasteiger partial charge in [0.25, 0.3) is 0 Å². The maximum Gasteiger partial charge on any atom is 0.243 e. The molecule has 7 heteroatoms. The molecule has 1 aromatic carbocycles. The van der Waals surface area contributed by atoms with E-state index in [2.05, 4.69) is 15.9 Å². The molecule has 1 aliphatic heterocycles. The molecule has 0 amide bonds. The van der Waals surface area contributed by atoms with Crippen LogP contribution in [0.4, 0.5) is 0 Å². The van der Waals surface area contributed by atoms with Gasteiger partial charge >= 0.3 is 0 Å². The van der Waals surface area contributed by atoms with Gasteiger partial charge in [-0.1, -0.05) is 11.6 Å². The van der Waals surface area contributed by atoms with Crippen LogP contribution in [0.15, 0.2) is 27.6 Å². The summed E-state index contributed by atoms with van der Waals surface area (Å²) >= 11 is 9.22. The fourth-order valence-corrected chi connectivity index (χ4v) is 4.49. The van der Waals surface area contributed by atoms with Crippen molar-refractivity contribution in [2.45, 2.75) is 36.7 Å². The molecule has 2 N–H and O–H groups in total. The molecule has 0 radical (unpaired) electrons. The van der Waals surface area contributed by atoms with Gasteiger partial charge in [-0.2, -0.15) is 4.31 Å². The lowest BCUT2D eigenvalue weighted by molar-refractivity contribution is 0.247. The average molecular weight is 368 g/mol. The van der Waals surface area contributed by atoms with Gasteiger partial charge in [0.15, 0.2) is 0 Å². The number of hydrogen-bond donors (Lipinski definition) is 1. The predicted octanol–water partition coefficient (Wildman–Crippen LogP) is 2.60. The Morgan fingerprint density at radius 3 is 2.74 bits per heavy atom. The average Bonchev–Trinajstić information content (AvgIpc) is 2.32. The van der Waals surface area contributed by atoms with E-state index in [1.807, 2.05) is 6.92 Å². The fraction of sp³-hybridized carbons (Fsp3) is 0.500. The van der Waals surface area contributed by atoms with Crippen molar-refractivity contribution in [3.05, 3.63) is 27.7 Å². The van der Waals surface area contributed by atoms with Crippen LogP contribution >= 0.6 is 27.5 Å². The molecule has 2 rings (SSSR count). The summed E-state index contributed by atoms with van der Waals surface area (Å²) in [7, 11) is -3.50. The van der Waals surface area contributed by atoms with Gasteiger partial charge < -0.3 is 5.73 Å². The molecule has 1 aliphatic rings. The molecule has 0 spiro atoms. The quantitative estimate of drug-likeness (QED) is 0.874. The zero-order valence-corrected chi connectivity index (χ0v) is 13.7. The first-order valence-corrected chi connectivity index (χ1v) is 8.66. The van der Waals surface area contributed by atoms with Crippen molar-refractivity contribution < 1.29 is 8.42 Å². The molecule has 0 aliphatic carbocycles. The highest BCUT2D eigenvalue weighted by Gasteiger charge is 2.33. The lowest BCUT2D eigenvalue weighted by Gasteiger charge is -2.35. The minimum Gasteiger partial charge on any atom is -0.328 e. The molecule has 2 atom stereocenters. The van der Waals surface area contributed by atoms with E-state index in [-0.39, 0.29) is 17.0 Å². The lowest BCUT2D eigenvalue weighted by atomic mass is 10.0. The molecule has 1 saturated heterocycles. The number of nitrogens with two attached hydrogens (primary N) is 1. The van der Waals surface area contributed by atoms with Gasteiger partial charge in [-0.15, -0.1) is 0 Å². The van der Waals surface area contributed by atoms with Crippen molar-refractivity contribution in [1.29, 1.82) is 0 Å². The SMILES string of the molecule is C[C@@H]1C[C@@H](N)CCN1S(=O)(=O)c1ccc(Br)c(Cl)c1. The van der Waals surface area contributed by atoms with E-state index < -0.39 is 10.0 Å². The normalized spacial score (nSPS) is 25.5. The standard InChI is InChI=1S/C12H16BrClN2O2S/c1-8-6-9(15)4-5-16(8)19(17,18)10-2-3-11(13)12(14)7-10/h2-3,7-9H,4-6,15H2,1H3/t8-,9+/m1/s1. The van der Waals surface area contributed by atoms with Crippen LogP contribution in [-0.2, 0) is 10.0 Å². The third-order valence-electron chi connectivity index (χ3n) is 3.35. The molecule has 0 aromatic heterocycles. The highest BCUT2D eigenvalue weighted by atomic mass is 79.9. The fourth-order valence-electron chi connectivity index (χ4n) is 2.32. The molecular weight excluding hydrogens is 352 g/mol. The first-order chi connectivity index (χ1) is 8.82. The van der Waals surface area contributed by atoms with Gasteiger partial charge in [0, 0.05) is 23.1 Å². The Labute approximate surface area is 127 Å². The molecule has 19 heavy (non-hydrogen) atoms. The monoisotopic (exact) mass is 366 g/mol. The Morgan fingerprint density at radius 2 is 2.16 bits per heavy atom. The van der Waals surface area contributed by atoms with Gasteiger partial charge in [-0.3, -0.25) is 0 Å². The third-order valence-corrected chi connectivity index (χ3v) is 6.60. The highest BCUT2D eigenvalue weighted by Crippen LogP contribution is 2.29. The van der Waals surface area contributed by atoms with Gasteiger partial charge in [-0.05, 0) is 53.9 Å². The summed E-state index contributed by atoms with van der Waals surface area (Å²) in [6.45, 7) is 2.34. The highest BCUT2D eigenvalue weighted by molar-refractivity contribution is 9.10. The minimum atomic E-state index is -3.50. The van der Waals surface area contributed by atoms with E-state index in [1.165, 1.54) is 10.4 Å². The maximum absolute atomic E-state index is 12.6. The molecule has 0 bridgehead atoms. The third kappa shape index (κ3) is 3.13. The van der Waals surface area contributed by atoms with E-state index in [1.54, 1.807) is 12.1 Å². The minimum absolute atomic E-state index is 0.0787. The number of piperidine rings is 1. The molecule has 1 aromatic rings. The van der Waals surface area contributed by atoms with Crippen LogP contribution in [-0.4, -0.2) is 31.4 Å². The van der Waals surface area contributed by atoms with Crippen LogP contribution in [0.3, 0.4) is 0 Å². The van der Waals surface area contributed by atoms with Gasteiger partial charge in [0.1, 0.15) is 0 Å². The van der Waals surface area contributed by atoms with Crippen LogP contribution in [0, 0.1) is 0 Å². The zero-order chi connectivity index (χ0) is 14.2. The van der Waals surface area contributed by atoms with Gasteiger partial charge in [0.2, 0.25) is 10.0 Å². The Kier molecular flexibility index (Phi) is 4.57. The van der Waals surface area contributed by atoms with Crippen molar-refractivity contribution in [1.82, 2.24) is 4.31 Å². The molecule has 1 heterocycles. The Balaban J connectivity index is 2.34. The van der Waals surface area contributed by atoms with Crippen molar-refractivity contribution in [2.24, 2.45) is 5.73 Å². The van der Waals surface area contributed by atoms with E-state index in [0.717, 1.165) is 0 Å². The number of halogens is 2. The number of rotatable bonds is 2. The number of benzene rings is 1. The van der Waals surface area contributed by atoms with E-state index in [9.17, 15) is 8.42 Å². The van der Waals surface area contributed by atoms with E-state index >= 15 is 0 Å². The second-order valence-corrected chi connectivity index (χ2v) is 7.98. The van der Waals surface area contributed by atoms with Gasteiger partial charge in [0.05, 0.1) is 9.92 Å². The van der Waals surface area contributed by atoms with Crippen LogP contribution in [0.25, 0.3) is 0 Å². The Hall–Kier alpha value is -0.140. The molecule has 4 nitrogen and oxygen atoms in total. The van der Waals surface area contributed by atoms with Crippen LogP contribution in [0.5, 0.6) is 0 Å². The lowest BCUT2D eigenvalue weighted by Crippen LogP contribution is -2.48. The molecule has 106 valence electrons. The maximum atomic E-state index is 12.6. The predicted molar refractivity (Wildman–Crippen MR) is 79.7 cm³/mol. The summed E-state index contributed by atoms with van der Waals surface area (Å²) in [5.74, 6) is 0. The number of hydrogen-bond acceptors (Lipinski definition) is 3. The summed E-state index contributed by atoms with van der Waals surface area (Å²) in [6.07, 6.45) is 1.37. The second kappa shape index (κ2) is 5.69. The van der Waals surface area contributed by atoms with Crippen LogP contribution < -0.4 is 5.73 Å². The van der Waals surface area contributed by atoms with E-state index in [4.69, 9.17) is 17.3 Å². The molecular formula is C12H16BrClN2O2S. The van der Waals surface area contributed by atoms with Crippen LogP contribution in [0.1, 0.15) is 19.8 Å². The smallest absolute Gasteiger partial charge is 0.243 e. The summed E-state index contributed by atoms with van der Waals surface area (Å²) < 4.78 is 27.4. The van der Waals surface area contributed by atoms with Crippen molar-refractivity contribution >= 4 is 37.6 Å². The number of nitrogens with zero attached hydrogens (tertiary/aromatic N) is 1. The molecule has 0 unspecified atom stereocenters. The zero-order valence-electron chi connectivity index (χ0n) is 10.5. The van der Waals surface area contributed by atoms with Crippen molar-refractivity contribution in [3.8, 4) is 0 Å². The second-order valence-electron chi connectivity index (χ2n) is 4.83. The summed E-state index contributed by atoms with van der Waals surface area (Å²) in [4.78, 5) is 0.225. The summed E-state index contributed by atoms with van der Waals surface area (Å²) in [5.41, 5.74) is 5.86. The number of sulfonamides is 1. The molecule has 1 fully saturated rings. The Morgan fingerprint density at radius 1 is 1.47 bits per heavy atom. The first kappa shape index (κ1) is 15.3. The largest absolute Gasteiger partial charge is 0.328 e. The molecule has 0 saturated carbocycles. The van der Waals surface area contributed by atoms with Crippen LogP contribution in [0.2, 0.25) is 5.02 Å². The van der Waals surface area contributed by atoms with Gasteiger partial charge in [-0.25, -0.2) is 8.42 Å². The summed E-state index contributed by atoms with van der Waals surface area (Å²) in [6, 6.07) is 4.68.